The third kappa shape index (κ3) is 4.94. The molecule has 8 heteroatoms. The van der Waals surface area contributed by atoms with E-state index >= 15 is 0 Å². The number of carbonyl (C=O) groups is 2. The molecule has 1 amide bonds. The van der Waals surface area contributed by atoms with E-state index in [9.17, 15) is 9.59 Å². The molecule has 8 nitrogen and oxygen atoms in total. The van der Waals surface area contributed by atoms with Gasteiger partial charge in [-0.2, -0.15) is 0 Å². The fourth-order valence-electron chi connectivity index (χ4n) is 3.30. The molecule has 2 aromatic heterocycles. The summed E-state index contributed by atoms with van der Waals surface area (Å²) in [5, 5.41) is 5.17. The number of aryl methyl sites for hydroxylation is 3. The maximum atomic E-state index is 12.9. The molecule has 0 bridgehead atoms. The van der Waals surface area contributed by atoms with Crippen LogP contribution in [0.3, 0.4) is 0 Å². The standard InChI is InChI=1S/C22H26N4O4/c1-15-12-16(2)23-21-20(15)22(24-25(21)3)30-14-18(27)26(11-10-19(28)29-4)13-17-8-6-5-7-9-17/h5-9,12H,10-11,13-14H2,1-4H3. The van der Waals surface area contributed by atoms with Crippen molar-refractivity contribution in [3.63, 3.8) is 0 Å². The van der Waals surface area contributed by atoms with Crippen molar-refractivity contribution in [3.8, 4) is 5.88 Å². The number of methoxy groups -OCH3 is 1. The highest BCUT2D eigenvalue weighted by Crippen LogP contribution is 2.27. The predicted octanol–water partition coefficient (Wildman–Crippen LogP) is 2.56. The van der Waals surface area contributed by atoms with E-state index in [1.807, 2.05) is 50.2 Å². The molecule has 0 saturated heterocycles. The minimum atomic E-state index is -0.366. The molecule has 1 aromatic carbocycles. The van der Waals surface area contributed by atoms with Gasteiger partial charge < -0.3 is 14.4 Å². The first-order valence-corrected chi connectivity index (χ1v) is 9.71. The molecule has 0 saturated carbocycles. The van der Waals surface area contributed by atoms with Gasteiger partial charge in [0.1, 0.15) is 0 Å². The average Bonchev–Trinajstić information content (AvgIpc) is 3.05. The lowest BCUT2D eigenvalue weighted by molar-refractivity contribution is -0.142. The molecule has 0 atom stereocenters. The molecule has 0 radical (unpaired) electrons. The van der Waals surface area contributed by atoms with E-state index in [2.05, 4.69) is 10.1 Å². The molecule has 0 aliphatic heterocycles. The Morgan fingerprint density at radius 2 is 1.90 bits per heavy atom. The van der Waals surface area contributed by atoms with Crippen molar-refractivity contribution in [2.24, 2.45) is 7.05 Å². The van der Waals surface area contributed by atoms with Crippen LogP contribution in [0.15, 0.2) is 36.4 Å². The second-order valence-corrected chi connectivity index (χ2v) is 7.12. The first-order chi connectivity index (χ1) is 14.4. The van der Waals surface area contributed by atoms with Gasteiger partial charge in [0.15, 0.2) is 12.3 Å². The number of carbonyl (C=O) groups excluding carboxylic acids is 2. The molecule has 30 heavy (non-hydrogen) atoms. The first-order valence-electron chi connectivity index (χ1n) is 9.71. The molecular formula is C22H26N4O4. The Labute approximate surface area is 175 Å². The lowest BCUT2D eigenvalue weighted by atomic mass is 10.2. The Kier molecular flexibility index (Phi) is 6.66. The molecule has 0 N–H and O–H groups in total. The van der Waals surface area contributed by atoms with E-state index in [4.69, 9.17) is 9.47 Å². The second kappa shape index (κ2) is 9.39. The summed E-state index contributed by atoms with van der Waals surface area (Å²) in [5.41, 5.74) is 3.55. The van der Waals surface area contributed by atoms with Gasteiger partial charge in [-0.1, -0.05) is 30.3 Å². The number of esters is 1. The van der Waals surface area contributed by atoms with Gasteiger partial charge in [0.2, 0.25) is 5.88 Å². The number of rotatable bonds is 8. The molecule has 0 aliphatic carbocycles. The molecule has 3 aromatic rings. The maximum Gasteiger partial charge on any atom is 0.307 e. The summed E-state index contributed by atoms with van der Waals surface area (Å²) < 4.78 is 12.1. The van der Waals surface area contributed by atoms with Crippen LogP contribution >= 0.6 is 0 Å². The van der Waals surface area contributed by atoms with E-state index in [-0.39, 0.29) is 31.4 Å². The van der Waals surface area contributed by atoms with Crippen molar-refractivity contribution in [3.05, 3.63) is 53.2 Å². The normalized spacial score (nSPS) is 10.8. The highest BCUT2D eigenvalue weighted by Gasteiger charge is 2.19. The van der Waals surface area contributed by atoms with Gasteiger partial charge in [-0.15, -0.1) is 5.10 Å². The van der Waals surface area contributed by atoms with Gasteiger partial charge in [0, 0.05) is 25.8 Å². The van der Waals surface area contributed by atoms with Crippen LogP contribution in [0, 0.1) is 13.8 Å². The summed E-state index contributed by atoms with van der Waals surface area (Å²) in [7, 11) is 3.13. The molecule has 0 spiro atoms. The quantitative estimate of drug-likeness (QED) is 0.531. The maximum absolute atomic E-state index is 12.9. The van der Waals surface area contributed by atoms with Crippen LogP contribution in [-0.4, -0.2) is 51.8 Å². The third-order valence-corrected chi connectivity index (χ3v) is 4.80. The predicted molar refractivity (Wildman–Crippen MR) is 112 cm³/mol. The average molecular weight is 410 g/mol. The molecule has 158 valence electrons. The van der Waals surface area contributed by atoms with Crippen molar-refractivity contribution in [1.82, 2.24) is 19.7 Å². The van der Waals surface area contributed by atoms with Crippen LogP contribution in [0.2, 0.25) is 0 Å². The van der Waals surface area contributed by atoms with Gasteiger partial charge in [-0.3, -0.25) is 9.59 Å². The zero-order valence-electron chi connectivity index (χ0n) is 17.7. The molecule has 2 heterocycles. The van der Waals surface area contributed by atoms with E-state index in [1.54, 1.807) is 16.6 Å². The zero-order chi connectivity index (χ0) is 21.7. The SMILES string of the molecule is COC(=O)CCN(Cc1ccccc1)C(=O)COc1nn(C)c2nc(C)cc(C)c12. The highest BCUT2D eigenvalue weighted by atomic mass is 16.5. The monoisotopic (exact) mass is 410 g/mol. The second-order valence-electron chi connectivity index (χ2n) is 7.12. The molecule has 0 fully saturated rings. The Hall–Kier alpha value is -3.42. The molecule has 0 aliphatic rings. The van der Waals surface area contributed by atoms with Gasteiger partial charge in [-0.05, 0) is 31.0 Å². The summed E-state index contributed by atoms with van der Waals surface area (Å²) in [6, 6.07) is 11.6. The van der Waals surface area contributed by atoms with Gasteiger partial charge in [-0.25, -0.2) is 9.67 Å². The fraction of sp³-hybridized carbons (Fsp3) is 0.364. The van der Waals surface area contributed by atoms with Crippen LogP contribution in [0.1, 0.15) is 23.2 Å². The Morgan fingerprint density at radius 1 is 1.17 bits per heavy atom. The Bertz CT molecular complexity index is 1050. The van der Waals surface area contributed by atoms with Crippen molar-refractivity contribution < 1.29 is 19.1 Å². The number of hydrogen-bond donors (Lipinski definition) is 0. The van der Waals surface area contributed by atoms with E-state index < -0.39 is 0 Å². The van der Waals surface area contributed by atoms with Gasteiger partial charge in [0.05, 0.1) is 18.9 Å². The number of amides is 1. The lowest BCUT2D eigenvalue weighted by Gasteiger charge is -2.22. The molecular weight excluding hydrogens is 384 g/mol. The number of nitrogens with zero attached hydrogens (tertiary/aromatic N) is 4. The zero-order valence-corrected chi connectivity index (χ0v) is 17.7. The summed E-state index contributed by atoms with van der Waals surface area (Å²) in [4.78, 5) is 30.6. The number of ether oxygens (including phenoxy) is 2. The smallest absolute Gasteiger partial charge is 0.307 e. The largest absolute Gasteiger partial charge is 0.469 e. The van der Waals surface area contributed by atoms with Crippen molar-refractivity contribution in [1.29, 1.82) is 0 Å². The summed E-state index contributed by atoms with van der Waals surface area (Å²) in [6.07, 6.45) is 0.115. The van der Waals surface area contributed by atoms with E-state index in [0.29, 0.717) is 18.1 Å². The van der Waals surface area contributed by atoms with Crippen LogP contribution in [0.25, 0.3) is 11.0 Å². The van der Waals surface area contributed by atoms with Crippen LogP contribution in [-0.2, 0) is 27.9 Å². The van der Waals surface area contributed by atoms with Crippen LogP contribution in [0.4, 0.5) is 0 Å². The van der Waals surface area contributed by atoms with Crippen molar-refractivity contribution in [2.45, 2.75) is 26.8 Å². The first kappa shape index (κ1) is 21.3. The topological polar surface area (TPSA) is 86.5 Å². The minimum absolute atomic E-state index is 0.115. The third-order valence-electron chi connectivity index (χ3n) is 4.80. The van der Waals surface area contributed by atoms with Crippen LogP contribution in [0.5, 0.6) is 5.88 Å². The lowest BCUT2D eigenvalue weighted by Crippen LogP contribution is -2.36. The van der Waals surface area contributed by atoms with Crippen LogP contribution < -0.4 is 4.74 Å². The summed E-state index contributed by atoms with van der Waals surface area (Å²) in [6.45, 7) is 4.32. The minimum Gasteiger partial charge on any atom is -0.469 e. The summed E-state index contributed by atoms with van der Waals surface area (Å²) in [5.74, 6) is -0.229. The van der Waals surface area contributed by atoms with Crippen molar-refractivity contribution in [2.75, 3.05) is 20.3 Å². The Balaban J connectivity index is 1.75. The number of fused-ring (bicyclic) bond motifs is 1. The Morgan fingerprint density at radius 3 is 2.60 bits per heavy atom. The van der Waals surface area contributed by atoms with Gasteiger partial charge >= 0.3 is 5.97 Å². The fourth-order valence-corrected chi connectivity index (χ4v) is 3.30. The molecule has 0 unspecified atom stereocenters. The number of hydrogen-bond acceptors (Lipinski definition) is 6. The number of aromatic nitrogens is 3. The number of benzene rings is 1. The van der Waals surface area contributed by atoms with E-state index in [1.165, 1.54) is 7.11 Å². The van der Waals surface area contributed by atoms with E-state index in [0.717, 1.165) is 22.2 Å². The summed E-state index contributed by atoms with van der Waals surface area (Å²) >= 11 is 0. The van der Waals surface area contributed by atoms with Gasteiger partial charge in [0.25, 0.3) is 5.91 Å². The highest BCUT2D eigenvalue weighted by molar-refractivity contribution is 5.86. The number of pyridine rings is 1. The van der Waals surface area contributed by atoms with Crippen molar-refractivity contribution >= 4 is 22.9 Å². The molecule has 3 rings (SSSR count).